The van der Waals surface area contributed by atoms with Crippen LogP contribution in [-0.4, -0.2) is 41.5 Å². The monoisotopic (exact) mass is 300 g/mol. The fraction of sp³-hybridized carbons (Fsp3) is 0.462. The Bertz CT molecular complexity index is 538. The van der Waals surface area contributed by atoms with Gasteiger partial charge in [0.25, 0.3) is 5.91 Å². The third-order valence-corrected chi connectivity index (χ3v) is 3.57. The van der Waals surface area contributed by atoms with E-state index in [9.17, 15) is 14.0 Å². The summed E-state index contributed by atoms with van der Waals surface area (Å²) in [6.07, 6.45) is 3.07. The van der Waals surface area contributed by atoms with E-state index in [0.717, 1.165) is 25.1 Å². The predicted octanol–water partition coefficient (Wildman–Crippen LogP) is 2.04. The minimum atomic E-state index is -0.652. The van der Waals surface area contributed by atoms with E-state index in [1.54, 1.807) is 0 Å². The number of hydrogen-bond donors (Lipinski definition) is 0. The zero-order chi connectivity index (χ0) is 14.7. The summed E-state index contributed by atoms with van der Waals surface area (Å²) in [7, 11) is 1.27. The van der Waals surface area contributed by atoms with Crippen LogP contribution >= 0.6 is 11.6 Å². The summed E-state index contributed by atoms with van der Waals surface area (Å²) < 4.78 is 17.9. The number of methoxy groups -OCH3 is 1. The number of piperidine rings is 1. The van der Waals surface area contributed by atoms with Crippen LogP contribution < -0.4 is 0 Å². The van der Waals surface area contributed by atoms with Gasteiger partial charge in [0, 0.05) is 6.54 Å². The molecule has 0 N–H and O–H groups in total. The average molecular weight is 301 g/mol. The molecule has 0 unspecified atom stereocenters. The van der Waals surface area contributed by atoms with Gasteiger partial charge in [0.15, 0.2) is 0 Å². The molecule has 7 heteroatoms. The minimum absolute atomic E-state index is 0.0394. The van der Waals surface area contributed by atoms with Crippen molar-refractivity contribution < 1.29 is 18.7 Å². The summed E-state index contributed by atoms with van der Waals surface area (Å²) in [5.74, 6) is -1.62. The molecule has 1 aromatic heterocycles. The molecule has 5 nitrogen and oxygen atoms in total. The molecule has 0 spiro atoms. The Labute approximate surface area is 120 Å². The minimum Gasteiger partial charge on any atom is -0.467 e. The van der Waals surface area contributed by atoms with E-state index >= 15 is 0 Å². The average Bonchev–Trinajstić information content (AvgIpc) is 2.48. The third-order valence-electron chi connectivity index (χ3n) is 3.27. The van der Waals surface area contributed by atoms with Crippen molar-refractivity contribution in [3.8, 4) is 0 Å². The van der Waals surface area contributed by atoms with E-state index in [1.165, 1.54) is 12.0 Å². The fourth-order valence-corrected chi connectivity index (χ4v) is 2.47. The van der Waals surface area contributed by atoms with Gasteiger partial charge in [0.05, 0.1) is 18.9 Å². The molecule has 20 heavy (non-hydrogen) atoms. The van der Waals surface area contributed by atoms with Crippen LogP contribution in [-0.2, 0) is 9.53 Å². The summed E-state index contributed by atoms with van der Waals surface area (Å²) in [6.45, 7) is 0.408. The number of ether oxygens (including phenoxy) is 1. The standard InChI is InChI=1S/C13H14ClFN2O3/c1-20-13(19)10-4-2-3-5-17(10)12(18)9-6-8(15)7-16-11(9)14/h6-7,10H,2-5H2,1H3/t10-/m1/s1. The molecule has 0 bridgehead atoms. The number of esters is 1. The number of carbonyl (C=O) groups is 2. The maximum Gasteiger partial charge on any atom is 0.328 e. The van der Waals surface area contributed by atoms with E-state index < -0.39 is 23.7 Å². The largest absolute Gasteiger partial charge is 0.467 e. The Morgan fingerprint density at radius 2 is 2.25 bits per heavy atom. The van der Waals surface area contributed by atoms with Gasteiger partial charge in [-0.15, -0.1) is 0 Å². The molecule has 0 radical (unpaired) electrons. The quantitative estimate of drug-likeness (QED) is 0.619. The first kappa shape index (κ1) is 14.7. The summed E-state index contributed by atoms with van der Waals surface area (Å²) in [5, 5.41) is -0.0782. The van der Waals surface area contributed by atoms with Crippen LogP contribution in [0.2, 0.25) is 5.15 Å². The van der Waals surface area contributed by atoms with Crippen LogP contribution in [0.5, 0.6) is 0 Å². The lowest BCUT2D eigenvalue weighted by Crippen LogP contribution is -2.48. The third kappa shape index (κ3) is 2.90. The number of aromatic nitrogens is 1. The second-order valence-corrected chi connectivity index (χ2v) is 4.88. The van der Waals surface area contributed by atoms with E-state index in [-0.39, 0.29) is 10.7 Å². The van der Waals surface area contributed by atoms with Gasteiger partial charge in [-0.25, -0.2) is 14.2 Å². The Morgan fingerprint density at radius 3 is 2.95 bits per heavy atom. The Hall–Kier alpha value is -1.69. The lowest BCUT2D eigenvalue weighted by molar-refractivity contribution is -0.147. The van der Waals surface area contributed by atoms with Crippen molar-refractivity contribution in [3.63, 3.8) is 0 Å². The highest BCUT2D eigenvalue weighted by Gasteiger charge is 2.34. The smallest absolute Gasteiger partial charge is 0.328 e. The second-order valence-electron chi connectivity index (χ2n) is 4.53. The van der Waals surface area contributed by atoms with E-state index in [4.69, 9.17) is 16.3 Å². The van der Waals surface area contributed by atoms with Crippen LogP contribution in [0.25, 0.3) is 0 Å². The SMILES string of the molecule is COC(=O)[C@H]1CCCCN1C(=O)c1cc(F)cnc1Cl. The first-order valence-corrected chi connectivity index (χ1v) is 6.62. The van der Waals surface area contributed by atoms with Gasteiger partial charge in [0.1, 0.15) is 17.0 Å². The van der Waals surface area contributed by atoms with Crippen LogP contribution in [0.15, 0.2) is 12.3 Å². The van der Waals surface area contributed by atoms with Crippen LogP contribution in [0.4, 0.5) is 4.39 Å². The lowest BCUT2D eigenvalue weighted by atomic mass is 10.0. The van der Waals surface area contributed by atoms with Gasteiger partial charge in [-0.05, 0) is 25.3 Å². The molecular weight excluding hydrogens is 287 g/mol. The number of pyridine rings is 1. The van der Waals surface area contributed by atoms with Crippen molar-refractivity contribution >= 4 is 23.5 Å². The number of rotatable bonds is 2. The summed E-state index contributed by atoms with van der Waals surface area (Å²) >= 11 is 5.83. The molecule has 1 aromatic rings. The van der Waals surface area contributed by atoms with Crippen molar-refractivity contribution in [1.82, 2.24) is 9.88 Å². The van der Waals surface area contributed by atoms with Crippen molar-refractivity contribution in [2.24, 2.45) is 0 Å². The first-order valence-electron chi connectivity index (χ1n) is 6.24. The summed E-state index contributed by atoms with van der Waals surface area (Å²) in [6, 6.07) is 0.376. The molecule has 108 valence electrons. The van der Waals surface area contributed by atoms with Gasteiger partial charge in [-0.2, -0.15) is 0 Å². The first-order chi connectivity index (χ1) is 9.54. The predicted molar refractivity (Wildman–Crippen MR) is 69.9 cm³/mol. The highest BCUT2D eigenvalue weighted by Crippen LogP contribution is 2.23. The summed E-state index contributed by atoms with van der Waals surface area (Å²) in [5.41, 5.74) is -0.0394. The molecule has 1 atom stereocenters. The Balaban J connectivity index is 2.30. The van der Waals surface area contributed by atoms with Crippen LogP contribution in [0, 0.1) is 5.82 Å². The second kappa shape index (κ2) is 6.17. The molecule has 0 aromatic carbocycles. The zero-order valence-corrected chi connectivity index (χ0v) is 11.7. The topological polar surface area (TPSA) is 59.5 Å². The van der Waals surface area contributed by atoms with Gasteiger partial charge >= 0.3 is 5.97 Å². The molecule has 0 aliphatic carbocycles. The molecule has 0 saturated carbocycles. The highest BCUT2D eigenvalue weighted by molar-refractivity contribution is 6.32. The molecule has 1 saturated heterocycles. The molecule has 1 aliphatic rings. The van der Waals surface area contributed by atoms with E-state index in [2.05, 4.69) is 4.98 Å². The lowest BCUT2D eigenvalue weighted by Gasteiger charge is -2.33. The van der Waals surface area contributed by atoms with Gasteiger partial charge in [0.2, 0.25) is 0 Å². The molecule has 2 rings (SSSR count). The van der Waals surface area contributed by atoms with E-state index in [0.29, 0.717) is 13.0 Å². The van der Waals surface area contributed by atoms with Crippen LogP contribution in [0.3, 0.4) is 0 Å². The van der Waals surface area contributed by atoms with Crippen molar-refractivity contribution in [3.05, 3.63) is 28.8 Å². The number of hydrogen-bond acceptors (Lipinski definition) is 4. The molecule has 1 fully saturated rings. The molecular formula is C13H14ClFN2O3. The molecule has 1 amide bonds. The van der Waals surface area contributed by atoms with E-state index in [1.807, 2.05) is 0 Å². The fourth-order valence-electron chi connectivity index (χ4n) is 2.28. The van der Waals surface area contributed by atoms with Gasteiger partial charge in [-0.1, -0.05) is 11.6 Å². The maximum absolute atomic E-state index is 13.2. The normalized spacial score (nSPS) is 18.8. The Morgan fingerprint density at radius 1 is 1.50 bits per heavy atom. The number of likely N-dealkylation sites (tertiary alicyclic amines) is 1. The van der Waals surface area contributed by atoms with Crippen molar-refractivity contribution in [2.45, 2.75) is 25.3 Å². The van der Waals surface area contributed by atoms with Gasteiger partial charge in [-0.3, -0.25) is 4.79 Å². The highest BCUT2D eigenvalue weighted by atomic mass is 35.5. The van der Waals surface area contributed by atoms with Crippen LogP contribution in [0.1, 0.15) is 29.6 Å². The summed E-state index contributed by atoms with van der Waals surface area (Å²) in [4.78, 5) is 29.1. The van der Waals surface area contributed by atoms with Gasteiger partial charge < -0.3 is 9.64 Å². The molecule has 2 heterocycles. The number of halogens is 2. The number of amides is 1. The number of carbonyl (C=O) groups excluding carboxylic acids is 2. The zero-order valence-electron chi connectivity index (χ0n) is 10.9. The Kier molecular flexibility index (Phi) is 4.54. The van der Waals surface area contributed by atoms with Crippen molar-refractivity contribution in [2.75, 3.05) is 13.7 Å². The number of nitrogens with zero attached hydrogens (tertiary/aromatic N) is 2. The maximum atomic E-state index is 13.2. The molecule has 1 aliphatic heterocycles. The van der Waals surface area contributed by atoms with Crippen molar-refractivity contribution in [1.29, 1.82) is 0 Å².